The minimum absolute atomic E-state index is 0.823. The van der Waals surface area contributed by atoms with Crippen LogP contribution in [0.15, 0.2) is 30.5 Å². The summed E-state index contributed by atoms with van der Waals surface area (Å²) in [6, 6.07) is 7.97. The van der Waals surface area contributed by atoms with Crippen LogP contribution in [0.2, 0.25) is 0 Å². The number of rotatable bonds is 1. The van der Waals surface area contributed by atoms with Gasteiger partial charge in [-0.3, -0.25) is 0 Å². The lowest BCUT2D eigenvalue weighted by Crippen LogP contribution is -1.86. The number of aryl methyl sites for hydroxylation is 1. The Labute approximate surface area is 97.7 Å². The van der Waals surface area contributed by atoms with Crippen LogP contribution in [0.25, 0.3) is 10.9 Å². The second-order valence-corrected chi connectivity index (χ2v) is 4.28. The highest BCUT2D eigenvalue weighted by Crippen LogP contribution is 2.08. The maximum absolute atomic E-state index is 4.26. The first-order chi connectivity index (χ1) is 7.63. The van der Waals surface area contributed by atoms with Crippen LogP contribution in [0.5, 0.6) is 0 Å². The Morgan fingerprint density at radius 2 is 1.81 bits per heavy atom. The van der Waals surface area contributed by atoms with Gasteiger partial charge in [-0.15, -0.1) is 0 Å². The third kappa shape index (κ3) is 3.97. The van der Waals surface area contributed by atoms with E-state index in [4.69, 9.17) is 0 Å². The molecule has 0 saturated heterocycles. The molecule has 1 aromatic carbocycles. The first-order valence-electron chi connectivity index (χ1n) is 5.82. The molecule has 86 valence electrons. The molecule has 0 amide bonds. The summed E-state index contributed by atoms with van der Waals surface area (Å²) in [6.45, 7) is 8.54. The molecule has 0 fully saturated rings. The zero-order valence-electron chi connectivity index (χ0n) is 10.6. The predicted octanol–water partition coefficient (Wildman–Crippen LogP) is 3.99. The van der Waals surface area contributed by atoms with Crippen LogP contribution in [0.1, 0.15) is 33.0 Å². The van der Waals surface area contributed by atoms with Gasteiger partial charge < -0.3 is 0 Å². The van der Waals surface area contributed by atoms with Gasteiger partial charge >= 0.3 is 0 Å². The van der Waals surface area contributed by atoms with E-state index in [1.54, 1.807) is 0 Å². The third-order valence-corrected chi connectivity index (χ3v) is 2.43. The molecular formula is C14H20N2. The van der Waals surface area contributed by atoms with Crippen LogP contribution in [-0.2, 0) is 0 Å². The number of hydrogen-bond donors (Lipinski definition) is 0. The van der Waals surface area contributed by atoms with Crippen molar-refractivity contribution in [3.05, 3.63) is 36.3 Å². The summed E-state index contributed by atoms with van der Waals surface area (Å²) in [5, 5.41) is 1.10. The van der Waals surface area contributed by atoms with Gasteiger partial charge in [0.05, 0.1) is 5.52 Å². The minimum atomic E-state index is 0.823. The van der Waals surface area contributed by atoms with Crippen molar-refractivity contribution < 1.29 is 0 Å². The molecule has 1 aromatic heterocycles. The van der Waals surface area contributed by atoms with Gasteiger partial charge in [0.25, 0.3) is 0 Å². The highest BCUT2D eigenvalue weighted by molar-refractivity contribution is 5.77. The Morgan fingerprint density at radius 1 is 1.19 bits per heavy atom. The van der Waals surface area contributed by atoms with Crippen molar-refractivity contribution >= 4 is 10.9 Å². The monoisotopic (exact) mass is 216 g/mol. The summed E-state index contributed by atoms with van der Waals surface area (Å²) in [7, 11) is 0. The lowest BCUT2D eigenvalue weighted by molar-refractivity contribution is 0.626. The summed E-state index contributed by atoms with van der Waals surface area (Å²) < 4.78 is 0. The van der Waals surface area contributed by atoms with Crippen LogP contribution >= 0.6 is 0 Å². The van der Waals surface area contributed by atoms with Crippen molar-refractivity contribution in [1.82, 2.24) is 9.97 Å². The summed E-state index contributed by atoms with van der Waals surface area (Å²) in [4.78, 5) is 8.36. The molecule has 0 unspecified atom stereocenters. The Morgan fingerprint density at radius 3 is 2.44 bits per heavy atom. The number of fused-ring (bicyclic) bond motifs is 1. The first kappa shape index (κ1) is 12.6. The smallest absolute Gasteiger partial charge is 0.125 e. The molecule has 0 radical (unpaired) electrons. The summed E-state index contributed by atoms with van der Waals surface area (Å²) in [6.07, 6.45) is 3.15. The van der Waals surface area contributed by atoms with Gasteiger partial charge in [0.1, 0.15) is 5.82 Å². The molecule has 0 bridgehead atoms. The van der Waals surface area contributed by atoms with Gasteiger partial charge in [-0.25, -0.2) is 9.97 Å². The molecular weight excluding hydrogens is 196 g/mol. The first-order valence-corrected chi connectivity index (χ1v) is 5.82. The van der Waals surface area contributed by atoms with E-state index in [2.05, 4.69) is 30.7 Å². The zero-order chi connectivity index (χ0) is 12.0. The van der Waals surface area contributed by atoms with E-state index in [0.717, 1.165) is 22.6 Å². The van der Waals surface area contributed by atoms with Crippen LogP contribution in [0.4, 0.5) is 0 Å². The number of nitrogens with zero attached hydrogens (tertiary/aromatic N) is 2. The molecule has 0 aliphatic carbocycles. The number of hydrogen-bond acceptors (Lipinski definition) is 2. The lowest BCUT2D eigenvalue weighted by atomic mass is 10.2. The van der Waals surface area contributed by atoms with Crippen molar-refractivity contribution in [2.45, 2.75) is 34.1 Å². The third-order valence-electron chi connectivity index (χ3n) is 2.43. The molecule has 0 aliphatic heterocycles. The van der Waals surface area contributed by atoms with Crippen molar-refractivity contribution in [3.8, 4) is 0 Å². The fourth-order valence-electron chi connectivity index (χ4n) is 1.06. The summed E-state index contributed by atoms with van der Waals surface area (Å²) in [5.74, 6) is 1.71. The normalized spacial score (nSPS) is 10.1. The van der Waals surface area contributed by atoms with E-state index in [0.29, 0.717) is 0 Å². The fraction of sp³-hybridized carbons (Fsp3) is 0.429. The average Bonchev–Trinajstić information content (AvgIpc) is 2.29. The second-order valence-electron chi connectivity index (χ2n) is 4.28. The van der Waals surface area contributed by atoms with Crippen molar-refractivity contribution in [1.29, 1.82) is 0 Å². The maximum atomic E-state index is 4.26. The Balaban J connectivity index is 0.000000221. The average molecular weight is 216 g/mol. The molecule has 0 spiro atoms. The quantitative estimate of drug-likeness (QED) is 0.720. The Hall–Kier alpha value is -1.44. The van der Waals surface area contributed by atoms with E-state index in [1.165, 1.54) is 6.42 Å². The highest BCUT2D eigenvalue weighted by atomic mass is 14.9. The van der Waals surface area contributed by atoms with E-state index in [-0.39, 0.29) is 0 Å². The van der Waals surface area contributed by atoms with Gasteiger partial charge in [-0.05, 0) is 18.9 Å². The molecule has 0 saturated carbocycles. The molecule has 2 heteroatoms. The highest BCUT2D eigenvalue weighted by Gasteiger charge is 1.92. The number of benzene rings is 1. The van der Waals surface area contributed by atoms with Gasteiger partial charge in [0.2, 0.25) is 0 Å². The van der Waals surface area contributed by atoms with Gasteiger partial charge in [-0.1, -0.05) is 45.4 Å². The van der Waals surface area contributed by atoms with Crippen molar-refractivity contribution in [2.75, 3.05) is 0 Å². The maximum Gasteiger partial charge on any atom is 0.125 e. The van der Waals surface area contributed by atoms with Crippen LogP contribution < -0.4 is 0 Å². The van der Waals surface area contributed by atoms with Gasteiger partial charge in [-0.2, -0.15) is 0 Å². The zero-order valence-corrected chi connectivity index (χ0v) is 10.6. The number of para-hydroxylation sites is 1. The van der Waals surface area contributed by atoms with Crippen molar-refractivity contribution in [2.24, 2.45) is 5.92 Å². The van der Waals surface area contributed by atoms with E-state index >= 15 is 0 Å². The van der Waals surface area contributed by atoms with Crippen LogP contribution in [0.3, 0.4) is 0 Å². The fourth-order valence-corrected chi connectivity index (χ4v) is 1.06. The lowest BCUT2D eigenvalue weighted by Gasteiger charge is -1.95. The predicted molar refractivity (Wildman–Crippen MR) is 69.4 cm³/mol. The molecule has 2 rings (SSSR count). The molecule has 0 N–H and O–H groups in total. The van der Waals surface area contributed by atoms with E-state index in [1.807, 2.05) is 37.4 Å². The molecule has 0 aliphatic rings. The molecule has 2 aromatic rings. The van der Waals surface area contributed by atoms with Crippen molar-refractivity contribution in [3.63, 3.8) is 0 Å². The van der Waals surface area contributed by atoms with Gasteiger partial charge in [0, 0.05) is 11.6 Å². The Kier molecular flexibility index (Phi) is 4.90. The molecule has 1 heterocycles. The molecule has 16 heavy (non-hydrogen) atoms. The van der Waals surface area contributed by atoms with E-state index < -0.39 is 0 Å². The second kappa shape index (κ2) is 6.21. The molecule has 0 atom stereocenters. The molecule has 2 nitrogen and oxygen atoms in total. The Bertz CT molecular complexity index is 435. The number of aromatic nitrogens is 2. The summed E-state index contributed by atoms with van der Waals surface area (Å²) in [5.41, 5.74) is 1.01. The van der Waals surface area contributed by atoms with E-state index in [9.17, 15) is 0 Å². The van der Waals surface area contributed by atoms with Crippen LogP contribution in [0, 0.1) is 12.8 Å². The SMILES string of the molecule is CCC(C)C.Cc1ncc2ccccc2n1. The topological polar surface area (TPSA) is 25.8 Å². The standard InChI is InChI=1S/C9H8N2.C5H12/c1-7-10-6-8-4-2-3-5-9(8)11-7;1-4-5(2)3/h2-6H,1H3;5H,4H2,1-3H3. The minimum Gasteiger partial charge on any atom is -0.241 e. The largest absolute Gasteiger partial charge is 0.241 e. The summed E-state index contributed by atoms with van der Waals surface area (Å²) >= 11 is 0. The van der Waals surface area contributed by atoms with Crippen LogP contribution in [-0.4, -0.2) is 9.97 Å². The van der Waals surface area contributed by atoms with Gasteiger partial charge in [0.15, 0.2) is 0 Å².